The Morgan fingerprint density at radius 1 is 0.917 bits per heavy atom. The SMILES string of the molecule is O=C(CC1(COc2ccc(F)cc2)CCN(C(=O)c2ccccc2C(F)(F)F)CC1)N1CCOCC1. The topological polar surface area (TPSA) is 59.1 Å². The number of hydrogen-bond donors (Lipinski definition) is 0. The third kappa shape index (κ3) is 6.16. The van der Waals surface area contributed by atoms with E-state index in [1.54, 1.807) is 4.90 Å². The fourth-order valence-corrected chi connectivity index (χ4v) is 4.66. The number of piperidine rings is 1. The van der Waals surface area contributed by atoms with Crippen molar-refractivity contribution in [3.63, 3.8) is 0 Å². The molecular formula is C26H28F4N2O4. The molecule has 10 heteroatoms. The number of amides is 2. The van der Waals surface area contributed by atoms with E-state index in [4.69, 9.17) is 9.47 Å². The number of likely N-dealkylation sites (tertiary alicyclic amines) is 1. The predicted molar refractivity (Wildman–Crippen MR) is 123 cm³/mol. The molecule has 0 atom stereocenters. The summed E-state index contributed by atoms with van der Waals surface area (Å²) >= 11 is 0. The van der Waals surface area contributed by atoms with Crippen molar-refractivity contribution < 1.29 is 36.6 Å². The van der Waals surface area contributed by atoms with E-state index in [-0.39, 0.29) is 37.6 Å². The first-order chi connectivity index (χ1) is 17.2. The van der Waals surface area contributed by atoms with E-state index in [0.29, 0.717) is 44.9 Å². The van der Waals surface area contributed by atoms with Crippen LogP contribution < -0.4 is 4.74 Å². The van der Waals surface area contributed by atoms with Crippen molar-refractivity contribution >= 4 is 11.8 Å². The van der Waals surface area contributed by atoms with Gasteiger partial charge in [-0.25, -0.2) is 4.39 Å². The molecule has 2 aromatic rings. The van der Waals surface area contributed by atoms with Gasteiger partial charge in [-0.1, -0.05) is 12.1 Å². The summed E-state index contributed by atoms with van der Waals surface area (Å²) < 4.78 is 64.8. The van der Waals surface area contributed by atoms with E-state index in [9.17, 15) is 27.2 Å². The molecule has 36 heavy (non-hydrogen) atoms. The zero-order valence-electron chi connectivity index (χ0n) is 19.7. The highest BCUT2D eigenvalue weighted by Crippen LogP contribution is 2.38. The Labute approximate surface area is 206 Å². The molecule has 2 saturated heterocycles. The lowest BCUT2D eigenvalue weighted by molar-refractivity contribution is -0.140. The van der Waals surface area contributed by atoms with Crippen LogP contribution in [0.25, 0.3) is 0 Å². The molecular weight excluding hydrogens is 480 g/mol. The quantitative estimate of drug-likeness (QED) is 0.543. The molecule has 0 unspecified atom stereocenters. The molecule has 0 aromatic heterocycles. The van der Waals surface area contributed by atoms with Crippen molar-refractivity contribution in [1.82, 2.24) is 9.80 Å². The van der Waals surface area contributed by atoms with E-state index >= 15 is 0 Å². The van der Waals surface area contributed by atoms with Gasteiger partial charge in [0.15, 0.2) is 0 Å². The van der Waals surface area contributed by atoms with E-state index in [1.165, 1.54) is 47.4 Å². The van der Waals surface area contributed by atoms with Gasteiger partial charge in [0.25, 0.3) is 5.91 Å². The third-order valence-corrected chi connectivity index (χ3v) is 6.82. The summed E-state index contributed by atoms with van der Waals surface area (Å²) in [7, 11) is 0. The Morgan fingerprint density at radius 3 is 2.19 bits per heavy atom. The minimum absolute atomic E-state index is 0.0526. The maximum absolute atomic E-state index is 13.4. The molecule has 2 heterocycles. The summed E-state index contributed by atoms with van der Waals surface area (Å²) in [5, 5.41) is 0. The van der Waals surface area contributed by atoms with Crippen LogP contribution in [-0.4, -0.2) is 67.6 Å². The smallest absolute Gasteiger partial charge is 0.417 e. The van der Waals surface area contributed by atoms with E-state index in [1.807, 2.05) is 0 Å². The number of hydrogen-bond acceptors (Lipinski definition) is 4. The van der Waals surface area contributed by atoms with Gasteiger partial charge in [0.1, 0.15) is 11.6 Å². The van der Waals surface area contributed by atoms with Crippen molar-refractivity contribution in [2.75, 3.05) is 46.0 Å². The van der Waals surface area contributed by atoms with Crippen LogP contribution in [0.4, 0.5) is 17.6 Å². The van der Waals surface area contributed by atoms with Crippen LogP contribution >= 0.6 is 0 Å². The van der Waals surface area contributed by atoms with Crippen LogP contribution in [0.15, 0.2) is 48.5 Å². The lowest BCUT2D eigenvalue weighted by atomic mass is 9.75. The minimum Gasteiger partial charge on any atom is -0.493 e. The Balaban J connectivity index is 1.48. The first-order valence-corrected chi connectivity index (χ1v) is 11.9. The van der Waals surface area contributed by atoms with Gasteiger partial charge in [-0.15, -0.1) is 0 Å². The maximum atomic E-state index is 13.4. The van der Waals surface area contributed by atoms with Crippen LogP contribution in [0.5, 0.6) is 5.75 Å². The van der Waals surface area contributed by atoms with Gasteiger partial charge in [0.2, 0.25) is 5.91 Å². The Kier molecular flexibility index (Phi) is 7.82. The molecule has 2 fully saturated rings. The van der Waals surface area contributed by atoms with Crippen LogP contribution in [0.2, 0.25) is 0 Å². The average molecular weight is 509 g/mol. The maximum Gasteiger partial charge on any atom is 0.417 e. The van der Waals surface area contributed by atoms with Gasteiger partial charge in [-0.05, 0) is 49.2 Å². The fourth-order valence-electron chi connectivity index (χ4n) is 4.66. The molecule has 0 spiro atoms. The van der Waals surface area contributed by atoms with Crippen molar-refractivity contribution in [3.8, 4) is 5.75 Å². The summed E-state index contributed by atoms with van der Waals surface area (Å²) in [6.07, 6.45) is -3.71. The standard InChI is InChI=1S/C26H28F4N2O4/c27-19-5-7-20(8-6-19)36-18-25(17-23(33)31-13-15-35-16-14-31)9-11-32(12-10-25)24(34)21-3-1-2-4-22(21)26(28,29)30/h1-8H,9-18H2. The number of morpholine rings is 1. The lowest BCUT2D eigenvalue weighted by Gasteiger charge is -2.42. The summed E-state index contributed by atoms with van der Waals surface area (Å²) in [4.78, 5) is 29.2. The molecule has 2 amide bonds. The Morgan fingerprint density at radius 2 is 1.56 bits per heavy atom. The molecule has 2 aliphatic rings. The molecule has 0 bridgehead atoms. The lowest BCUT2D eigenvalue weighted by Crippen LogP contribution is -2.49. The predicted octanol–water partition coefficient (Wildman–Crippen LogP) is 4.39. The van der Waals surface area contributed by atoms with Crippen molar-refractivity contribution in [2.24, 2.45) is 5.41 Å². The minimum atomic E-state index is -4.64. The fraction of sp³-hybridized carbons (Fsp3) is 0.462. The number of ether oxygens (including phenoxy) is 2. The number of halogens is 4. The summed E-state index contributed by atoms with van der Waals surface area (Å²) in [5.74, 6) is -0.684. The summed E-state index contributed by atoms with van der Waals surface area (Å²) in [6.45, 7) is 2.45. The molecule has 0 radical (unpaired) electrons. The Bertz CT molecular complexity index is 1060. The van der Waals surface area contributed by atoms with Gasteiger partial charge in [0, 0.05) is 38.0 Å². The second kappa shape index (κ2) is 10.9. The molecule has 4 rings (SSSR count). The number of alkyl halides is 3. The molecule has 0 N–H and O–H groups in total. The highest BCUT2D eigenvalue weighted by Gasteiger charge is 2.41. The zero-order chi connectivity index (χ0) is 25.8. The molecule has 2 aliphatic heterocycles. The zero-order valence-corrected chi connectivity index (χ0v) is 19.7. The monoisotopic (exact) mass is 508 g/mol. The van der Waals surface area contributed by atoms with Crippen LogP contribution in [0.1, 0.15) is 35.2 Å². The molecule has 2 aromatic carbocycles. The van der Waals surface area contributed by atoms with Gasteiger partial charge in [0.05, 0.1) is 30.9 Å². The largest absolute Gasteiger partial charge is 0.493 e. The first kappa shape index (κ1) is 25.9. The number of benzene rings is 2. The average Bonchev–Trinajstić information content (AvgIpc) is 2.88. The highest BCUT2D eigenvalue weighted by molar-refractivity contribution is 5.96. The van der Waals surface area contributed by atoms with E-state index in [0.717, 1.165) is 6.07 Å². The molecule has 0 aliphatic carbocycles. The Hall–Kier alpha value is -3.14. The van der Waals surface area contributed by atoms with Crippen molar-refractivity contribution in [1.29, 1.82) is 0 Å². The number of nitrogens with zero attached hydrogens (tertiary/aromatic N) is 2. The molecule has 6 nitrogen and oxygen atoms in total. The highest BCUT2D eigenvalue weighted by atomic mass is 19.4. The third-order valence-electron chi connectivity index (χ3n) is 6.82. The second-order valence-electron chi connectivity index (χ2n) is 9.25. The first-order valence-electron chi connectivity index (χ1n) is 11.9. The summed E-state index contributed by atoms with van der Waals surface area (Å²) in [6, 6.07) is 10.3. The van der Waals surface area contributed by atoms with Crippen molar-refractivity contribution in [3.05, 3.63) is 65.5 Å². The number of rotatable bonds is 6. The molecule has 194 valence electrons. The van der Waals surface area contributed by atoms with Crippen LogP contribution in [0.3, 0.4) is 0 Å². The molecule has 0 saturated carbocycles. The van der Waals surface area contributed by atoms with E-state index < -0.39 is 28.9 Å². The van der Waals surface area contributed by atoms with Gasteiger partial charge >= 0.3 is 6.18 Å². The summed E-state index contributed by atoms with van der Waals surface area (Å²) in [5.41, 5.74) is -1.97. The van der Waals surface area contributed by atoms with Gasteiger partial charge in [-0.2, -0.15) is 13.2 Å². The van der Waals surface area contributed by atoms with Gasteiger partial charge < -0.3 is 19.3 Å². The normalized spacial score (nSPS) is 18.1. The van der Waals surface area contributed by atoms with Crippen molar-refractivity contribution in [2.45, 2.75) is 25.4 Å². The number of carbonyl (C=O) groups excluding carboxylic acids is 2. The number of carbonyl (C=O) groups is 2. The van der Waals surface area contributed by atoms with Gasteiger partial charge in [-0.3, -0.25) is 9.59 Å². The van der Waals surface area contributed by atoms with E-state index in [2.05, 4.69) is 0 Å². The van der Waals surface area contributed by atoms with Crippen LogP contribution in [-0.2, 0) is 15.7 Å². The van der Waals surface area contributed by atoms with Crippen LogP contribution in [0, 0.1) is 11.2 Å². The second-order valence-corrected chi connectivity index (χ2v) is 9.25.